The number of sulfonamides is 1. The summed E-state index contributed by atoms with van der Waals surface area (Å²) in [5.41, 5.74) is 6.12. The molecule has 0 heterocycles. The predicted octanol–water partition coefficient (Wildman–Crippen LogP) is 0.551. The van der Waals surface area contributed by atoms with Crippen molar-refractivity contribution in [1.29, 1.82) is 0 Å². The third kappa shape index (κ3) is 4.87. The Morgan fingerprint density at radius 3 is 2.42 bits per heavy atom. The monoisotopic (exact) mass is 301 g/mol. The van der Waals surface area contributed by atoms with Gasteiger partial charge < -0.3 is 10.6 Å². The van der Waals surface area contributed by atoms with E-state index < -0.39 is 10.0 Å². The molecule has 1 rings (SSSR count). The molecule has 0 aliphatic carbocycles. The van der Waals surface area contributed by atoms with Gasteiger partial charge in [-0.2, -0.15) is 0 Å². The second kappa shape index (κ2) is 6.95. The molecule has 19 heavy (non-hydrogen) atoms. The van der Waals surface area contributed by atoms with Crippen LogP contribution in [0.3, 0.4) is 0 Å². The largest absolute Gasteiger partial charge is 0.389 e. The van der Waals surface area contributed by atoms with Crippen LogP contribution in [0.1, 0.15) is 12.5 Å². The first-order valence-electron chi connectivity index (χ1n) is 5.95. The van der Waals surface area contributed by atoms with Crippen molar-refractivity contribution in [3.8, 4) is 0 Å². The summed E-state index contributed by atoms with van der Waals surface area (Å²) in [6.07, 6.45) is 0. The third-order valence-corrected chi connectivity index (χ3v) is 4.49. The highest BCUT2D eigenvalue weighted by molar-refractivity contribution is 7.89. The van der Waals surface area contributed by atoms with Gasteiger partial charge in [0.1, 0.15) is 4.99 Å². The predicted molar refractivity (Wildman–Crippen MR) is 80.7 cm³/mol. The van der Waals surface area contributed by atoms with Crippen LogP contribution in [0.5, 0.6) is 0 Å². The summed E-state index contributed by atoms with van der Waals surface area (Å²) in [5, 5.41) is 0. The fraction of sp³-hybridized carbons (Fsp3) is 0.417. The molecule has 0 radical (unpaired) electrons. The van der Waals surface area contributed by atoms with Gasteiger partial charge in [-0.15, -0.1) is 0 Å². The van der Waals surface area contributed by atoms with E-state index in [0.29, 0.717) is 18.7 Å². The van der Waals surface area contributed by atoms with Gasteiger partial charge in [0.05, 0.1) is 4.90 Å². The van der Waals surface area contributed by atoms with Gasteiger partial charge in [-0.1, -0.05) is 31.3 Å². The standard InChI is InChI=1S/C12H19N3O2S2/c1-3-15(2)9-8-14-19(16,17)11-6-4-10(5-7-11)12(13)18/h4-7,14H,3,8-9H2,1-2H3,(H2,13,18). The van der Waals surface area contributed by atoms with Gasteiger partial charge in [-0.05, 0) is 25.7 Å². The minimum absolute atomic E-state index is 0.214. The molecule has 0 aromatic heterocycles. The van der Waals surface area contributed by atoms with Crippen molar-refractivity contribution in [1.82, 2.24) is 9.62 Å². The third-order valence-electron chi connectivity index (χ3n) is 2.77. The maximum Gasteiger partial charge on any atom is 0.240 e. The number of rotatable bonds is 7. The van der Waals surface area contributed by atoms with E-state index in [9.17, 15) is 8.42 Å². The van der Waals surface area contributed by atoms with E-state index in [0.717, 1.165) is 6.54 Å². The maximum absolute atomic E-state index is 12.0. The normalized spacial score (nSPS) is 11.7. The molecular formula is C12H19N3O2S2. The second-order valence-corrected chi connectivity index (χ2v) is 6.39. The van der Waals surface area contributed by atoms with Crippen molar-refractivity contribution in [3.63, 3.8) is 0 Å². The smallest absolute Gasteiger partial charge is 0.240 e. The fourth-order valence-corrected chi connectivity index (χ4v) is 2.57. The Hall–Kier alpha value is -1.02. The van der Waals surface area contributed by atoms with E-state index in [4.69, 9.17) is 18.0 Å². The summed E-state index contributed by atoms with van der Waals surface area (Å²) in [6.45, 7) is 3.94. The van der Waals surface area contributed by atoms with Crippen LogP contribution < -0.4 is 10.5 Å². The lowest BCUT2D eigenvalue weighted by Crippen LogP contribution is -2.32. The lowest BCUT2D eigenvalue weighted by atomic mass is 10.2. The SMILES string of the molecule is CCN(C)CCNS(=O)(=O)c1ccc(C(N)=S)cc1. The number of nitrogens with one attached hydrogen (secondary N) is 1. The zero-order valence-corrected chi connectivity index (χ0v) is 12.7. The molecule has 1 aromatic carbocycles. The highest BCUT2D eigenvalue weighted by Crippen LogP contribution is 2.10. The number of likely N-dealkylation sites (N-methyl/N-ethyl adjacent to an activating group) is 1. The van der Waals surface area contributed by atoms with Gasteiger partial charge in [0, 0.05) is 18.7 Å². The van der Waals surface area contributed by atoms with Crippen LogP contribution in [-0.4, -0.2) is 45.0 Å². The molecule has 0 saturated carbocycles. The molecule has 106 valence electrons. The Morgan fingerprint density at radius 2 is 1.95 bits per heavy atom. The number of thiocarbonyl (C=S) groups is 1. The first-order chi connectivity index (χ1) is 8.86. The number of benzene rings is 1. The minimum Gasteiger partial charge on any atom is -0.389 e. The van der Waals surface area contributed by atoms with E-state index in [1.54, 1.807) is 12.1 Å². The molecule has 5 nitrogen and oxygen atoms in total. The molecule has 0 bridgehead atoms. The van der Waals surface area contributed by atoms with Gasteiger partial charge in [0.2, 0.25) is 10.0 Å². The molecule has 7 heteroatoms. The van der Waals surface area contributed by atoms with E-state index in [2.05, 4.69) is 4.72 Å². The quantitative estimate of drug-likeness (QED) is 0.719. The molecule has 0 saturated heterocycles. The summed E-state index contributed by atoms with van der Waals surface area (Å²) in [4.78, 5) is 2.49. The lowest BCUT2D eigenvalue weighted by molar-refractivity contribution is 0.358. The van der Waals surface area contributed by atoms with Crippen molar-refractivity contribution >= 4 is 27.2 Å². The zero-order valence-electron chi connectivity index (χ0n) is 11.1. The number of nitrogens with two attached hydrogens (primary N) is 1. The Bertz CT molecular complexity index is 526. The lowest BCUT2D eigenvalue weighted by Gasteiger charge is -2.14. The highest BCUT2D eigenvalue weighted by atomic mass is 32.2. The molecule has 0 atom stereocenters. The van der Waals surface area contributed by atoms with Crippen LogP contribution >= 0.6 is 12.2 Å². The second-order valence-electron chi connectivity index (χ2n) is 4.18. The Kier molecular flexibility index (Phi) is 5.86. The molecule has 1 aromatic rings. The molecular weight excluding hydrogens is 282 g/mol. The molecule has 0 amide bonds. The average molecular weight is 301 g/mol. The minimum atomic E-state index is -3.47. The Labute approximate surface area is 119 Å². The number of hydrogen-bond acceptors (Lipinski definition) is 4. The highest BCUT2D eigenvalue weighted by Gasteiger charge is 2.13. The first-order valence-corrected chi connectivity index (χ1v) is 7.84. The maximum atomic E-state index is 12.0. The summed E-state index contributed by atoms with van der Waals surface area (Å²) in [7, 11) is -1.53. The van der Waals surface area contributed by atoms with Crippen molar-refractivity contribution in [2.75, 3.05) is 26.7 Å². The Morgan fingerprint density at radius 1 is 1.37 bits per heavy atom. The van der Waals surface area contributed by atoms with Gasteiger partial charge in [-0.25, -0.2) is 13.1 Å². The molecule has 3 N–H and O–H groups in total. The van der Waals surface area contributed by atoms with E-state index in [1.807, 2.05) is 18.9 Å². The molecule has 0 fully saturated rings. The van der Waals surface area contributed by atoms with Crippen molar-refractivity contribution in [2.45, 2.75) is 11.8 Å². The van der Waals surface area contributed by atoms with Crippen LogP contribution in [0, 0.1) is 0 Å². The molecule has 0 aliphatic rings. The first kappa shape index (κ1) is 16.0. The summed E-state index contributed by atoms with van der Waals surface area (Å²) in [5.74, 6) is 0. The summed E-state index contributed by atoms with van der Waals surface area (Å²) >= 11 is 4.82. The van der Waals surface area contributed by atoms with Gasteiger partial charge >= 0.3 is 0 Å². The van der Waals surface area contributed by atoms with E-state index in [1.165, 1.54) is 12.1 Å². The van der Waals surface area contributed by atoms with Crippen LogP contribution in [0.2, 0.25) is 0 Å². The van der Waals surface area contributed by atoms with E-state index >= 15 is 0 Å². The van der Waals surface area contributed by atoms with Gasteiger partial charge in [0.25, 0.3) is 0 Å². The number of nitrogens with zero attached hydrogens (tertiary/aromatic N) is 1. The van der Waals surface area contributed by atoms with Gasteiger partial charge in [-0.3, -0.25) is 0 Å². The van der Waals surface area contributed by atoms with Crippen molar-refractivity contribution < 1.29 is 8.42 Å². The molecule has 0 aliphatic heterocycles. The Balaban J connectivity index is 2.69. The summed E-state index contributed by atoms with van der Waals surface area (Å²) < 4.78 is 26.5. The summed E-state index contributed by atoms with van der Waals surface area (Å²) in [6, 6.07) is 6.21. The topological polar surface area (TPSA) is 75.4 Å². The van der Waals surface area contributed by atoms with Crippen LogP contribution in [-0.2, 0) is 10.0 Å². The van der Waals surface area contributed by atoms with Crippen LogP contribution in [0.25, 0.3) is 0 Å². The number of hydrogen-bond donors (Lipinski definition) is 2. The van der Waals surface area contributed by atoms with Gasteiger partial charge in [0.15, 0.2) is 0 Å². The molecule has 0 spiro atoms. The van der Waals surface area contributed by atoms with Crippen LogP contribution in [0.4, 0.5) is 0 Å². The molecule has 0 unspecified atom stereocenters. The van der Waals surface area contributed by atoms with Crippen molar-refractivity contribution in [2.24, 2.45) is 5.73 Å². The average Bonchev–Trinajstić information content (AvgIpc) is 2.38. The van der Waals surface area contributed by atoms with Crippen LogP contribution in [0.15, 0.2) is 29.2 Å². The van der Waals surface area contributed by atoms with Crippen molar-refractivity contribution in [3.05, 3.63) is 29.8 Å². The fourth-order valence-electron chi connectivity index (χ4n) is 1.41. The zero-order chi connectivity index (χ0) is 14.5. The van der Waals surface area contributed by atoms with E-state index in [-0.39, 0.29) is 9.88 Å².